The number of phenolic OH excluding ortho intramolecular Hbond substituents is 1. The van der Waals surface area contributed by atoms with Crippen LogP contribution in [0.4, 0.5) is 5.69 Å². The minimum Gasteiger partial charge on any atom is -0.508 e. The molecule has 0 amide bonds. The first-order valence-corrected chi connectivity index (χ1v) is 12.0. The molecule has 3 aromatic carbocycles. The Kier molecular flexibility index (Phi) is 10.1. The molecule has 0 saturated heterocycles. The van der Waals surface area contributed by atoms with Crippen LogP contribution in [0.2, 0.25) is 0 Å². The van der Waals surface area contributed by atoms with E-state index in [1.807, 2.05) is 19.1 Å². The second-order valence-corrected chi connectivity index (χ2v) is 8.70. The number of hydrogen-bond acceptors (Lipinski definition) is 7. The number of aromatic hydroxyl groups is 1. The van der Waals surface area contributed by atoms with Crippen molar-refractivity contribution in [1.29, 1.82) is 0 Å². The second kappa shape index (κ2) is 12.8. The third-order valence-corrected chi connectivity index (χ3v) is 5.71. The van der Waals surface area contributed by atoms with E-state index in [-0.39, 0.29) is 6.35 Å². The normalized spacial score (nSPS) is 10.7. The smallest absolute Gasteiger partial charge is 0.367 e. The van der Waals surface area contributed by atoms with Crippen LogP contribution in [0, 0.1) is 6.92 Å². The molecule has 0 aliphatic rings. The molecular formula is C24H30NO6P. The number of ether oxygens (including phenoxy) is 2. The summed E-state index contributed by atoms with van der Waals surface area (Å²) >= 11 is 0. The molecule has 3 rings (SSSR count). The Hall–Kier alpha value is -2.99. The Labute approximate surface area is 189 Å². The van der Waals surface area contributed by atoms with Crippen molar-refractivity contribution in [3.63, 3.8) is 0 Å². The van der Waals surface area contributed by atoms with Crippen molar-refractivity contribution < 1.29 is 28.2 Å². The molecule has 3 N–H and O–H groups in total. The van der Waals surface area contributed by atoms with Crippen LogP contribution < -0.4 is 15.2 Å². The summed E-state index contributed by atoms with van der Waals surface area (Å²) in [6.07, 6.45) is -0.153. The number of hydrogen-bond donors (Lipinski definition) is 2. The van der Waals surface area contributed by atoms with E-state index < -0.39 is 7.60 Å². The zero-order chi connectivity index (χ0) is 23.4. The Morgan fingerprint density at radius 2 is 1.47 bits per heavy atom. The first-order chi connectivity index (χ1) is 15.3. The summed E-state index contributed by atoms with van der Waals surface area (Å²) in [6, 6.07) is 21.3. The van der Waals surface area contributed by atoms with E-state index in [4.69, 9.17) is 29.4 Å². The van der Waals surface area contributed by atoms with Gasteiger partial charge in [0.15, 0.2) is 6.35 Å². The molecule has 0 saturated carbocycles. The lowest BCUT2D eigenvalue weighted by atomic mass is 10.2. The van der Waals surface area contributed by atoms with Crippen LogP contribution in [0.15, 0.2) is 72.8 Å². The van der Waals surface area contributed by atoms with Gasteiger partial charge in [-0.15, -0.1) is 0 Å². The fourth-order valence-corrected chi connectivity index (χ4v) is 3.90. The van der Waals surface area contributed by atoms with Crippen LogP contribution in [0.25, 0.3) is 0 Å². The quantitative estimate of drug-likeness (QED) is 0.283. The molecule has 32 heavy (non-hydrogen) atoms. The highest BCUT2D eigenvalue weighted by molar-refractivity contribution is 7.53. The molecule has 7 nitrogen and oxygen atoms in total. The Bertz CT molecular complexity index is 982. The zero-order valence-corrected chi connectivity index (χ0v) is 19.5. The highest BCUT2D eigenvalue weighted by Crippen LogP contribution is 2.48. The first kappa shape index (κ1) is 25.3. The predicted octanol–water partition coefficient (Wildman–Crippen LogP) is 6.36. The predicted molar refractivity (Wildman–Crippen MR) is 127 cm³/mol. The van der Waals surface area contributed by atoms with E-state index in [2.05, 4.69) is 0 Å². The number of anilines is 1. The summed E-state index contributed by atoms with van der Waals surface area (Å²) in [7, 11) is -3.25. The van der Waals surface area contributed by atoms with Crippen molar-refractivity contribution in [2.75, 3.05) is 25.3 Å². The maximum Gasteiger partial charge on any atom is 0.367 e. The molecule has 0 aromatic heterocycles. The number of aryl methyl sites for hydroxylation is 1. The monoisotopic (exact) mass is 459 g/mol. The molecule has 8 heteroatoms. The van der Waals surface area contributed by atoms with Crippen LogP contribution in [0.5, 0.6) is 23.0 Å². The van der Waals surface area contributed by atoms with Crippen molar-refractivity contribution in [3.8, 4) is 23.0 Å². The van der Waals surface area contributed by atoms with Gasteiger partial charge in [-0.1, -0.05) is 18.2 Å². The van der Waals surface area contributed by atoms with E-state index in [0.29, 0.717) is 41.9 Å². The zero-order valence-electron chi connectivity index (χ0n) is 18.6. The molecule has 0 aliphatic heterocycles. The summed E-state index contributed by atoms with van der Waals surface area (Å²) in [6.45, 7) is 6.04. The molecule has 0 radical (unpaired) electrons. The lowest BCUT2D eigenvalue weighted by Gasteiger charge is -2.17. The summed E-state index contributed by atoms with van der Waals surface area (Å²) in [5, 5.41) is 8.81. The molecule has 0 unspecified atom stereocenters. The van der Waals surface area contributed by atoms with Gasteiger partial charge < -0.3 is 29.4 Å². The highest BCUT2D eigenvalue weighted by Gasteiger charge is 2.24. The van der Waals surface area contributed by atoms with Gasteiger partial charge in [-0.05, 0) is 74.9 Å². The van der Waals surface area contributed by atoms with Crippen LogP contribution in [-0.2, 0) is 13.6 Å². The van der Waals surface area contributed by atoms with Crippen molar-refractivity contribution >= 4 is 13.3 Å². The summed E-state index contributed by atoms with van der Waals surface area (Å²) in [5.74, 6) is 2.11. The Morgan fingerprint density at radius 3 is 2.03 bits per heavy atom. The van der Waals surface area contributed by atoms with Gasteiger partial charge in [0.05, 0.1) is 13.2 Å². The van der Waals surface area contributed by atoms with Crippen LogP contribution in [0.3, 0.4) is 0 Å². The number of phenols is 1. The van der Waals surface area contributed by atoms with Crippen molar-refractivity contribution in [2.45, 2.75) is 20.8 Å². The van der Waals surface area contributed by atoms with Crippen molar-refractivity contribution in [2.24, 2.45) is 0 Å². The Morgan fingerprint density at radius 1 is 0.844 bits per heavy atom. The van der Waals surface area contributed by atoms with Gasteiger partial charge in [0.2, 0.25) is 0 Å². The standard InChI is InChI=1S/C17H22NO5P.C7H8O/c1-3-21-24(19,22-4-2)13-20-16-6-5-7-17(12-16)23-15-10-8-14(18)9-11-15;1-6-3-2-4-7(8)5-6/h5-12H,3-4,13,18H2,1-2H3;2-5,8H,1H3. The fourth-order valence-electron chi connectivity index (χ4n) is 2.59. The molecule has 172 valence electrons. The third kappa shape index (κ3) is 9.02. The molecule has 0 atom stereocenters. The van der Waals surface area contributed by atoms with Crippen LogP contribution >= 0.6 is 7.60 Å². The lowest BCUT2D eigenvalue weighted by molar-refractivity contribution is 0.196. The highest BCUT2D eigenvalue weighted by atomic mass is 31.2. The maximum atomic E-state index is 12.4. The van der Waals surface area contributed by atoms with Crippen LogP contribution in [-0.4, -0.2) is 24.7 Å². The second-order valence-electron chi connectivity index (χ2n) is 6.70. The molecule has 0 spiro atoms. The largest absolute Gasteiger partial charge is 0.508 e. The molecular weight excluding hydrogens is 429 g/mol. The lowest BCUT2D eigenvalue weighted by Crippen LogP contribution is -2.05. The van der Waals surface area contributed by atoms with Crippen LogP contribution in [0.1, 0.15) is 19.4 Å². The molecule has 0 aliphatic carbocycles. The number of benzene rings is 3. The van der Waals surface area contributed by atoms with Gasteiger partial charge in [0.1, 0.15) is 23.0 Å². The van der Waals surface area contributed by atoms with Gasteiger partial charge in [0, 0.05) is 11.8 Å². The fraction of sp³-hybridized carbons (Fsp3) is 0.250. The number of nitrogens with two attached hydrogens (primary N) is 1. The first-order valence-electron chi connectivity index (χ1n) is 10.2. The van der Waals surface area contributed by atoms with E-state index in [0.717, 1.165) is 5.56 Å². The average Bonchev–Trinajstić information content (AvgIpc) is 2.75. The molecule has 3 aromatic rings. The van der Waals surface area contributed by atoms with E-state index >= 15 is 0 Å². The van der Waals surface area contributed by atoms with Gasteiger partial charge in [-0.2, -0.15) is 0 Å². The summed E-state index contributed by atoms with van der Waals surface area (Å²) in [4.78, 5) is 0. The molecule has 0 heterocycles. The molecule has 0 fully saturated rings. The third-order valence-electron chi connectivity index (χ3n) is 3.96. The maximum absolute atomic E-state index is 12.4. The van der Waals surface area contributed by atoms with Gasteiger partial charge in [0.25, 0.3) is 0 Å². The molecule has 0 bridgehead atoms. The summed E-state index contributed by atoms with van der Waals surface area (Å²) in [5.41, 5.74) is 7.40. The Balaban J connectivity index is 0.000000380. The van der Waals surface area contributed by atoms with E-state index in [1.165, 1.54) is 0 Å². The van der Waals surface area contributed by atoms with E-state index in [9.17, 15) is 4.57 Å². The van der Waals surface area contributed by atoms with Crippen molar-refractivity contribution in [1.82, 2.24) is 0 Å². The van der Waals surface area contributed by atoms with Gasteiger partial charge in [-0.3, -0.25) is 4.57 Å². The van der Waals surface area contributed by atoms with Gasteiger partial charge >= 0.3 is 7.60 Å². The number of nitrogen functional groups attached to an aromatic ring is 1. The SMILES string of the molecule is CCOP(=O)(COc1cccc(Oc2ccc(N)cc2)c1)OCC.Cc1cccc(O)c1. The average molecular weight is 459 g/mol. The summed E-state index contributed by atoms with van der Waals surface area (Å²) < 4.78 is 34.1. The minimum absolute atomic E-state index is 0.153. The number of rotatable bonds is 9. The minimum atomic E-state index is -3.25. The van der Waals surface area contributed by atoms with Crippen molar-refractivity contribution in [3.05, 3.63) is 78.4 Å². The van der Waals surface area contributed by atoms with E-state index in [1.54, 1.807) is 74.5 Å². The topological polar surface area (TPSA) is 100 Å². The van der Waals surface area contributed by atoms with Gasteiger partial charge in [-0.25, -0.2) is 0 Å².